The fourth-order valence-electron chi connectivity index (χ4n) is 2.87. The Kier molecular flexibility index (Phi) is 7.56. The zero-order valence-corrected chi connectivity index (χ0v) is 15.3. The predicted molar refractivity (Wildman–Crippen MR) is 102 cm³/mol. The lowest BCUT2D eigenvalue weighted by Crippen LogP contribution is -2.56. The van der Waals surface area contributed by atoms with Crippen LogP contribution in [0.25, 0.3) is 0 Å². The quantitative estimate of drug-likeness (QED) is 0.579. The molecule has 0 spiro atoms. The second-order valence-electron chi connectivity index (χ2n) is 6.48. The summed E-state index contributed by atoms with van der Waals surface area (Å²) in [4.78, 5) is 35.2. The van der Waals surface area contributed by atoms with Crippen molar-refractivity contribution in [1.29, 1.82) is 0 Å². The van der Waals surface area contributed by atoms with Crippen LogP contribution in [0, 0.1) is 0 Å². The fraction of sp³-hybridized carbons (Fsp3) is 0.286. The summed E-state index contributed by atoms with van der Waals surface area (Å²) in [5.41, 5.74) is -0.180. The Bertz CT molecular complexity index is 793. The third-order valence-corrected chi connectivity index (χ3v) is 4.31. The van der Waals surface area contributed by atoms with Gasteiger partial charge in [-0.25, -0.2) is 9.59 Å². The number of carboxylic acid groups (broad SMARTS) is 2. The molecule has 0 aromatic heterocycles. The van der Waals surface area contributed by atoms with Crippen LogP contribution in [-0.2, 0) is 27.4 Å². The van der Waals surface area contributed by atoms with Gasteiger partial charge < -0.3 is 20.3 Å². The highest BCUT2D eigenvalue weighted by Crippen LogP contribution is 2.22. The van der Waals surface area contributed by atoms with Crippen molar-refractivity contribution in [2.75, 3.05) is 0 Å². The Morgan fingerprint density at radius 3 is 2.00 bits per heavy atom. The molecule has 148 valence electrons. The molecule has 2 rings (SSSR count). The van der Waals surface area contributed by atoms with E-state index in [2.05, 4.69) is 5.32 Å². The lowest BCUT2D eigenvalue weighted by Gasteiger charge is -2.30. The topological polar surface area (TPSA) is 113 Å². The van der Waals surface area contributed by atoms with E-state index in [4.69, 9.17) is 9.84 Å². The summed E-state index contributed by atoms with van der Waals surface area (Å²) in [6.45, 7) is 0.00281. The van der Waals surface area contributed by atoms with Gasteiger partial charge in [0.1, 0.15) is 12.1 Å². The molecule has 0 aliphatic heterocycles. The number of carbonyl (C=O) groups excluding carboxylic acids is 1. The van der Waals surface area contributed by atoms with Gasteiger partial charge in [-0.3, -0.25) is 4.79 Å². The Balaban J connectivity index is 2.13. The zero-order chi connectivity index (χ0) is 20.4. The van der Waals surface area contributed by atoms with Crippen LogP contribution in [0.4, 0.5) is 4.79 Å². The largest absolute Gasteiger partial charge is 0.481 e. The van der Waals surface area contributed by atoms with Crippen molar-refractivity contribution >= 4 is 18.0 Å². The molecule has 1 amide bonds. The number of carbonyl (C=O) groups is 3. The van der Waals surface area contributed by atoms with Gasteiger partial charge in [-0.15, -0.1) is 0 Å². The zero-order valence-electron chi connectivity index (χ0n) is 15.3. The molecule has 0 aliphatic rings. The van der Waals surface area contributed by atoms with Crippen molar-refractivity contribution < 1.29 is 29.3 Å². The molecule has 0 aliphatic carbocycles. The van der Waals surface area contributed by atoms with E-state index in [0.29, 0.717) is 5.56 Å². The van der Waals surface area contributed by atoms with E-state index in [1.807, 2.05) is 6.07 Å². The first kappa shape index (κ1) is 21.0. The van der Waals surface area contributed by atoms with Gasteiger partial charge in [0, 0.05) is 12.8 Å². The Hall–Kier alpha value is -3.35. The summed E-state index contributed by atoms with van der Waals surface area (Å²) in [6, 6.07) is 17.9. The molecule has 7 heteroatoms. The average Bonchev–Trinajstić information content (AvgIpc) is 2.67. The number of nitrogens with one attached hydrogen (secondary N) is 1. The van der Waals surface area contributed by atoms with Gasteiger partial charge in [0.05, 0.1) is 0 Å². The van der Waals surface area contributed by atoms with Crippen LogP contribution < -0.4 is 5.32 Å². The Labute approximate surface area is 163 Å². The van der Waals surface area contributed by atoms with Crippen LogP contribution >= 0.6 is 0 Å². The molecule has 0 heterocycles. The number of hydrogen-bond donors (Lipinski definition) is 3. The van der Waals surface area contributed by atoms with Crippen molar-refractivity contribution in [3.63, 3.8) is 0 Å². The maximum atomic E-state index is 12.3. The molecule has 2 aromatic carbocycles. The summed E-state index contributed by atoms with van der Waals surface area (Å²) in [5, 5.41) is 21.2. The third kappa shape index (κ3) is 6.42. The van der Waals surface area contributed by atoms with Crippen molar-refractivity contribution in [3.05, 3.63) is 71.8 Å². The van der Waals surface area contributed by atoms with Gasteiger partial charge in [-0.05, 0) is 24.0 Å². The van der Waals surface area contributed by atoms with Crippen LogP contribution in [0.2, 0.25) is 0 Å². The van der Waals surface area contributed by atoms with E-state index < -0.39 is 23.6 Å². The summed E-state index contributed by atoms with van der Waals surface area (Å²) < 4.78 is 5.17. The van der Waals surface area contributed by atoms with E-state index in [9.17, 15) is 19.5 Å². The monoisotopic (exact) mass is 385 g/mol. The molecule has 0 saturated carbocycles. The second-order valence-corrected chi connectivity index (χ2v) is 6.48. The second kappa shape index (κ2) is 10.1. The van der Waals surface area contributed by atoms with E-state index in [1.54, 1.807) is 54.6 Å². The Morgan fingerprint density at radius 2 is 1.46 bits per heavy atom. The van der Waals surface area contributed by atoms with E-state index in [1.165, 1.54) is 0 Å². The van der Waals surface area contributed by atoms with E-state index >= 15 is 0 Å². The first-order valence-corrected chi connectivity index (χ1v) is 8.89. The molecule has 2 aromatic rings. The van der Waals surface area contributed by atoms with Gasteiger partial charge in [0.2, 0.25) is 0 Å². The van der Waals surface area contributed by atoms with Crippen LogP contribution in [0.5, 0.6) is 0 Å². The first-order chi connectivity index (χ1) is 13.4. The van der Waals surface area contributed by atoms with Crippen LogP contribution in [-0.4, -0.2) is 33.8 Å². The molecule has 1 unspecified atom stereocenters. The van der Waals surface area contributed by atoms with Crippen molar-refractivity contribution in [1.82, 2.24) is 5.32 Å². The van der Waals surface area contributed by atoms with Crippen LogP contribution in [0.3, 0.4) is 0 Å². The number of amides is 1. The summed E-state index contributed by atoms with van der Waals surface area (Å²) >= 11 is 0. The van der Waals surface area contributed by atoms with Gasteiger partial charge in [-0.2, -0.15) is 0 Å². The highest BCUT2D eigenvalue weighted by atomic mass is 16.5. The minimum Gasteiger partial charge on any atom is -0.481 e. The minimum absolute atomic E-state index is 0.00281. The normalized spacial score (nSPS) is 12.6. The maximum Gasteiger partial charge on any atom is 0.408 e. The predicted octanol–water partition coefficient (Wildman–Crippen LogP) is 3.23. The minimum atomic E-state index is -1.66. The molecule has 0 fully saturated rings. The molecule has 0 bridgehead atoms. The number of carboxylic acids is 2. The number of aliphatic carboxylic acids is 2. The molecular formula is C21H23NO6. The summed E-state index contributed by atoms with van der Waals surface area (Å²) in [5.74, 6) is -2.26. The fourth-order valence-corrected chi connectivity index (χ4v) is 2.87. The SMILES string of the molecule is O=C(O)CCCC(Cc1ccccc1)(NC(=O)OCc1ccccc1)C(=O)O. The van der Waals surface area contributed by atoms with Gasteiger partial charge >= 0.3 is 18.0 Å². The van der Waals surface area contributed by atoms with E-state index in [0.717, 1.165) is 5.56 Å². The first-order valence-electron chi connectivity index (χ1n) is 8.89. The van der Waals surface area contributed by atoms with Gasteiger partial charge in [-0.1, -0.05) is 60.7 Å². The van der Waals surface area contributed by atoms with Crippen LogP contribution in [0.1, 0.15) is 30.4 Å². The number of rotatable bonds is 10. The highest BCUT2D eigenvalue weighted by Gasteiger charge is 2.40. The number of ether oxygens (including phenoxy) is 1. The van der Waals surface area contributed by atoms with Gasteiger partial charge in [0.25, 0.3) is 0 Å². The molecule has 1 atom stereocenters. The highest BCUT2D eigenvalue weighted by molar-refractivity contribution is 5.85. The Morgan fingerprint density at radius 1 is 0.893 bits per heavy atom. The maximum absolute atomic E-state index is 12.3. The van der Waals surface area contributed by atoms with Crippen molar-refractivity contribution in [2.45, 2.75) is 37.8 Å². The standard InChI is InChI=1S/C21H23NO6/c23-18(24)12-7-13-21(19(25)26,14-16-8-3-1-4-9-16)22-20(27)28-15-17-10-5-2-6-11-17/h1-6,8-11H,7,12-15H2,(H,22,27)(H,23,24)(H,25,26). The molecule has 3 N–H and O–H groups in total. The van der Waals surface area contributed by atoms with E-state index in [-0.39, 0.29) is 32.3 Å². The van der Waals surface area contributed by atoms with Crippen molar-refractivity contribution in [2.24, 2.45) is 0 Å². The van der Waals surface area contributed by atoms with Gasteiger partial charge in [0.15, 0.2) is 0 Å². The number of benzene rings is 2. The summed E-state index contributed by atoms with van der Waals surface area (Å²) in [6.07, 6.45) is -0.969. The molecule has 0 radical (unpaired) electrons. The molecular weight excluding hydrogens is 362 g/mol. The lowest BCUT2D eigenvalue weighted by molar-refractivity contribution is -0.146. The molecule has 7 nitrogen and oxygen atoms in total. The summed E-state index contributed by atoms with van der Waals surface area (Å²) in [7, 11) is 0. The average molecular weight is 385 g/mol. The molecule has 28 heavy (non-hydrogen) atoms. The van der Waals surface area contributed by atoms with Crippen LogP contribution in [0.15, 0.2) is 60.7 Å². The molecule has 0 saturated heterocycles. The third-order valence-electron chi connectivity index (χ3n) is 4.31. The smallest absolute Gasteiger partial charge is 0.408 e. The number of alkyl carbamates (subject to hydrolysis) is 1. The lowest BCUT2D eigenvalue weighted by atomic mass is 9.85. The number of hydrogen-bond acceptors (Lipinski definition) is 4. The van der Waals surface area contributed by atoms with Crippen molar-refractivity contribution in [3.8, 4) is 0 Å².